The third-order valence-electron chi connectivity index (χ3n) is 5.69. The summed E-state index contributed by atoms with van der Waals surface area (Å²) in [4.78, 5) is 12.6. The van der Waals surface area contributed by atoms with Crippen molar-refractivity contribution < 1.29 is 4.74 Å². The zero-order chi connectivity index (χ0) is 16.5. The molecular weight excluding hydrogens is 322 g/mol. The summed E-state index contributed by atoms with van der Waals surface area (Å²) >= 11 is 1.88. The minimum absolute atomic E-state index is 0.0239. The first-order valence-corrected chi connectivity index (χ1v) is 10.4. The molecule has 1 saturated heterocycles. The van der Waals surface area contributed by atoms with Crippen LogP contribution < -0.4 is 10.9 Å². The van der Waals surface area contributed by atoms with Gasteiger partial charge in [0.2, 0.25) is 0 Å². The lowest BCUT2D eigenvalue weighted by molar-refractivity contribution is 0.178. The van der Waals surface area contributed by atoms with Crippen LogP contribution in [0.5, 0.6) is 0 Å². The van der Waals surface area contributed by atoms with Crippen molar-refractivity contribution in [1.29, 1.82) is 0 Å². The highest BCUT2D eigenvalue weighted by atomic mass is 32.2. The van der Waals surface area contributed by atoms with Crippen LogP contribution in [-0.2, 0) is 16.9 Å². The van der Waals surface area contributed by atoms with Gasteiger partial charge in [-0.3, -0.25) is 4.79 Å². The quantitative estimate of drug-likeness (QED) is 0.906. The maximum absolute atomic E-state index is 12.6. The number of hydrogen-bond donors (Lipinski definition) is 1. The van der Waals surface area contributed by atoms with Crippen LogP contribution in [0.3, 0.4) is 0 Å². The summed E-state index contributed by atoms with van der Waals surface area (Å²) in [6.45, 7) is 3.60. The minimum Gasteiger partial charge on any atom is -0.377 e. The molecule has 1 aromatic rings. The van der Waals surface area contributed by atoms with Gasteiger partial charge in [-0.25, -0.2) is 4.68 Å². The van der Waals surface area contributed by atoms with E-state index in [1.54, 1.807) is 10.7 Å². The summed E-state index contributed by atoms with van der Waals surface area (Å²) in [6.07, 6.45) is 6.02. The number of ether oxygens (including phenoxy) is 1. The van der Waals surface area contributed by atoms with Crippen molar-refractivity contribution in [2.75, 3.05) is 19.0 Å². The number of nitrogens with one attached hydrogen (secondary N) is 1. The van der Waals surface area contributed by atoms with E-state index in [4.69, 9.17) is 9.84 Å². The van der Waals surface area contributed by atoms with Gasteiger partial charge < -0.3 is 10.1 Å². The molecule has 1 aromatic heterocycles. The van der Waals surface area contributed by atoms with E-state index in [9.17, 15) is 4.79 Å². The normalized spacial score (nSPS) is 33.4. The number of rotatable bonds is 3. The Morgan fingerprint density at radius 3 is 2.96 bits per heavy atom. The Morgan fingerprint density at radius 1 is 1.29 bits per heavy atom. The lowest BCUT2D eigenvalue weighted by Gasteiger charge is -2.31. The zero-order valence-electron chi connectivity index (χ0n) is 14.4. The molecule has 0 bridgehead atoms. The second-order valence-corrected chi connectivity index (χ2v) is 8.64. The predicted octanol–water partition coefficient (Wildman–Crippen LogP) is 2.14. The Bertz CT molecular complexity index is 640. The highest BCUT2D eigenvalue weighted by molar-refractivity contribution is 7.98. The SMILES string of the molecule is CC1CCC(NC2COCC2n2nc3c(cc2=O)CSCC3)CC1. The zero-order valence-corrected chi connectivity index (χ0v) is 15.2. The minimum atomic E-state index is 0.0239. The van der Waals surface area contributed by atoms with Gasteiger partial charge >= 0.3 is 0 Å². The second kappa shape index (κ2) is 7.18. The van der Waals surface area contributed by atoms with E-state index in [0.717, 1.165) is 35.1 Å². The monoisotopic (exact) mass is 349 g/mol. The number of nitrogens with zero attached hydrogens (tertiary/aromatic N) is 2. The van der Waals surface area contributed by atoms with Crippen LogP contribution in [0.15, 0.2) is 10.9 Å². The lowest BCUT2D eigenvalue weighted by atomic mass is 9.87. The van der Waals surface area contributed by atoms with Gasteiger partial charge in [-0.15, -0.1) is 0 Å². The number of hydrogen-bond acceptors (Lipinski definition) is 5. The van der Waals surface area contributed by atoms with Crippen LogP contribution in [-0.4, -0.2) is 40.8 Å². The Kier molecular flexibility index (Phi) is 4.97. The van der Waals surface area contributed by atoms with Crippen molar-refractivity contribution in [2.24, 2.45) is 5.92 Å². The van der Waals surface area contributed by atoms with Crippen LogP contribution in [0.4, 0.5) is 0 Å². The molecule has 3 aliphatic rings. The molecule has 2 atom stereocenters. The second-order valence-electron chi connectivity index (χ2n) is 7.54. The van der Waals surface area contributed by atoms with Crippen molar-refractivity contribution in [1.82, 2.24) is 15.1 Å². The van der Waals surface area contributed by atoms with Crippen molar-refractivity contribution in [3.63, 3.8) is 0 Å². The first-order chi connectivity index (χ1) is 11.7. The average Bonchev–Trinajstić information content (AvgIpc) is 3.04. The van der Waals surface area contributed by atoms with Gasteiger partial charge in [-0.1, -0.05) is 6.92 Å². The number of aryl methyl sites for hydroxylation is 1. The number of fused-ring (bicyclic) bond motifs is 1. The molecule has 0 aromatic carbocycles. The van der Waals surface area contributed by atoms with Crippen LogP contribution >= 0.6 is 11.8 Å². The van der Waals surface area contributed by atoms with Gasteiger partial charge in [0.25, 0.3) is 5.56 Å². The molecule has 4 rings (SSSR count). The summed E-state index contributed by atoms with van der Waals surface area (Å²) < 4.78 is 7.42. The Balaban J connectivity index is 1.51. The summed E-state index contributed by atoms with van der Waals surface area (Å²) in [5, 5.41) is 8.49. The van der Waals surface area contributed by atoms with E-state index in [2.05, 4.69) is 12.2 Å². The van der Waals surface area contributed by atoms with Crippen LogP contribution in [0.1, 0.15) is 49.9 Å². The van der Waals surface area contributed by atoms with Crippen molar-refractivity contribution >= 4 is 11.8 Å². The van der Waals surface area contributed by atoms with Gasteiger partial charge in [-0.2, -0.15) is 16.9 Å². The van der Waals surface area contributed by atoms with Crippen molar-refractivity contribution in [3.8, 4) is 0 Å². The molecular formula is C18H27N3O2S. The van der Waals surface area contributed by atoms with E-state index in [1.165, 1.54) is 25.7 Å². The molecule has 2 aliphatic heterocycles. The molecule has 1 saturated carbocycles. The largest absolute Gasteiger partial charge is 0.377 e. The molecule has 5 nitrogen and oxygen atoms in total. The van der Waals surface area contributed by atoms with Crippen molar-refractivity contribution in [2.45, 2.75) is 62.9 Å². The molecule has 132 valence electrons. The molecule has 2 fully saturated rings. The molecule has 0 radical (unpaired) electrons. The van der Waals surface area contributed by atoms with Crippen LogP contribution in [0.2, 0.25) is 0 Å². The summed E-state index contributed by atoms with van der Waals surface area (Å²) in [7, 11) is 0. The number of thioether (sulfide) groups is 1. The highest BCUT2D eigenvalue weighted by Crippen LogP contribution is 2.27. The van der Waals surface area contributed by atoms with E-state index in [0.29, 0.717) is 19.3 Å². The molecule has 2 unspecified atom stereocenters. The summed E-state index contributed by atoms with van der Waals surface area (Å²) in [5.41, 5.74) is 2.25. The van der Waals surface area contributed by atoms with Crippen LogP contribution in [0, 0.1) is 5.92 Å². The van der Waals surface area contributed by atoms with E-state index >= 15 is 0 Å². The van der Waals surface area contributed by atoms with E-state index in [1.807, 2.05) is 11.8 Å². The van der Waals surface area contributed by atoms with Crippen LogP contribution in [0.25, 0.3) is 0 Å². The molecule has 1 N–H and O–H groups in total. The van der Waals surface area contributed by atoms with Gasteiger partial charge in [-0.05, 0) is 42.9 Å². The summed E-state index contributed by atoms with van der Waals surface area (Å²) in [5.74, 6) is 2.87. The fourth-order valence-corrected chi connectivity index (χ4v) is 5.09. The molecule has 0 spiro atoms. The van der Waals surface area contributed by atoms with E-state index < -0.39 is 0 Å². The summed E-state index contributed by atoms with van der Waals surface area (Å²) in [6, 6.07) is 2.58. The maximum Gasteiger partial charge on any atom is 0.267 e. The Morgan fingerprint density at radius 2 is 2.12 bits per heavy atom. The topological polar surface area (TPSA) is 56.1 Å². The third kappa shape index (κ3) is 3.41. The molecule has 24 heavy (non-hydrogen) atoms. The Hall–Kier alpha value is -0.850. The Labute approximate surface area is 147 Å². The first kappa shape index (κ1) is 16.6. The first-order valence-electron chi connectivity index (χ1n) is 9.24. The average molecular weight is 350 g/mol. The molecule has 6 heteroatoms. The molecule has 3 heterocycles. The lowest BCUT2D eigenvalue weighted by Crippen LogP contribution is -2.47. The molecule has 1 aliphatic carbocycles. The standard InChI is InChI=1S/C18H27N3O2S/c1-12-2-4-14(5-3-12)19-16-9-23-10-17(16)21-18(22)8-13-11-24-7-6-15(13)20-21/h8,12,14,16-17,19H,2-7,9-11H2,1H3. The molecule has 0 amide bonds. The van der Waals surface area contributed by atoms with Crippen molar-refractivity contribution in [3.05, 3.63) is 27.7 Å². The fraction of sp³-hybridized carbons (Fsp3) is 0.778. The van der Waals surface area contributed by atoms with Gasteiger partial charge in [0, 0.05) is 24.3 Å². The fourth-order valence-electron chi connectivity index (χ4n) is 4.14. The van der Waals surface area contributed by atoms with Gasteiger partial charge in [0.05, 0.1) is 31.0 Å². The van der Waals surface area contributed by atoms with Gasteiger partial charge in [0.15, 0.2) is 0 Å². The highest BCUT2D eigenvalue weighted by Gasteiger charge is 2.34. The van der Waals surface area contributed by atoms with Gasteiger partial charge in [0.1, 0.15) is 0 Å². The maximum atomic E-state index is 12.6. The smallest absolute Gasteiger partial charge is 0.267 e. The predicted molar refractivity (Wildman–Crippen MR) is 96.6 cm³/mol. The number of aromatic nitrogens is 2. The third-order valence-corrected chi connectivity index (χ3v) is 6.70. The van der Waals surface area contributed by atoms with E-state index in [-0.39, 0.29) is 17.6 Å².